The van der Waals surface area contributed by atoms with Gasteiger partial charge in [0.2, 0.25) is 5.03 Å². The predicted octanol–water partition coefficient (Wildman–Crippen LogP) is 4.47. The molecule has 2 fully saturated rings. The number of ether oxygens (including phenoxy) is 1. The first kappa shape index (κ1) is 20.4. The highest BCUT2D eigenvalue weighted by Crippen LogP contribution is 2.46. The third-order valence-electron chi connectivity index (χ3n) is 6.33. The van der Waals surface area contributed by atoms with Crippen molar-refractivity contribution in [3.8, 4) is 17.0 Å². The molecule has 0 amide bonds. The molecule has 7 heteroatoms. The van der Waals surface area contributed by atoms with Crippen LogP contribution in [0.15, 0.2) is 29.3 Å². The molecule has 5 rings (SSSR count). The smallest absolute Gasteiger partial charge is 0.201 e. The van der Waals surface area contributed by atoms with E-state index in [1.165, 1.54) is 6.26 Å². The van der Waals surface area contributed by atoms with Crippen LogP contribution >= 0.6 is 0 Å². The van der Waals surface area contributed by atoms with Crippen molar-refractivity contribution in [3.05, 3.63) is 41.0 Å². The highest BCUT2D eigenvalue weighted by molar-refractivity contribution is 7.90. The van der Waals surface area contributed by atoms with Crippen LogP contribution in [0, 0.1) is 20.8 Å². The van der Waals surface area contributed by atoms with Crippen molar-refractivity contribution in [3.63, 3.8) is 0 Å². The number of rotatable bonds is 6. The molecule has 1 aromatic carbocycles. The fraction of sp³-hybridized carbons (Fsp3) is 0.458. The van der Waals surface area contributed by atoms with Crippen molar-refractivity contribution < 1.29 is 13.2 Å². The van der Waals surface area contributed by atoms with Crippen molar-refractivity contribution in [1.29, 1.82) is 0 Å². The average Bonchev–Trinajstić information content (AvgIpc) is 3.61. The molecule has 31 heavy (non-hydrogen) atoms. The third-order valence-corrected chi connectivity index (χ3v) is 7.31. The van der Waals surface area contributed by atoms with Gasteiger partial charge >= 0.3 is 0 Å². The number of pyridine rings is 1. The van der Waals surface area contributed by atoms with Gasteiger partial charge in [0, 0.05) is 23.9 Å². The molecule has 2 heterocycles. The van der Waals surface area contributed by atoms with E-state index in [4.69, 9.17) is 9.84 Å². The summed E-state index contributed by atoms with van der Waals surface area (Å²) in [5.41, 5.74) is 6.68. The maximum atomic E-state index is 12.9. The van der Waals surface area contributed by atoms with E-state index >= 15 is 0 Å². The van der Waals surface area contributed by atoms with Crippen molar-refractivity contribution >= 4 is 21.0 Å². The van der Waals surface area contributed by atoms with Gasteiger partial charge < -0.3 is 9.64 Å². The van der Waals surface area contributed by atoms with Crippen molar-refractivity contribution in [2.75, 3.05) is 18.3 Å². The van der Waals surface area contributed by atoms with Crippen molar-refractivity contribution in [2.24, 2.45) is 0 Å². The maximum absolute atomic E-state index is 12.9. The topological polar surface area (TPSA) is 63.9 Å². The van der Waals surface area contributed by atoms with Crippen LogP contribution < -0.4 is 9.64 Å². The molecule has 2 aliphatic carbocycles. The highest BCUT2D eigenvalue weighted by atomic mass is 32.2. The Bertz CT molecular complexity index is 1290. The second-order valence-electron chi connectivity index (χ2n) is 9.12. The number of hydrogen-bond donors (Lipinski definition) is 0. The number of benzene rings is 1. The predicted molar refractivity (Wildman–Crippen MR) is 123 cm³/mol. The average molecular weight is 440 g/mol. The second kappa shape index (κ2) is 6.99. The Balaban J connectivity index is 1.86. The van der Waals surface area contributed by atoms with Gasteiger partial charge in [0.1, 0.15) is 11.4 Å². The number of anilines is 1. The standard InChI is InChI=1S/C24H29N3O3S/c1-14-12-16(3)21(20(13-14)30-4)19-11-6-15(2)22-23(24(25-27(19)22)31(5,28)29)26(17-7-8-17)18-9-10-18/h6,11-13,17-18H,7-10H2,1-5H3. The summed E-state index contributed by atoms with van der Waals surface area (Å²) in [7, 11) is -1.84. The number of sulfone groups is 1. The molecule has 0 bridgehead atoms. The summed E-state index contributed by atoms with van der Waals surface area (Å²) in [6.07, 6.45) is 5.71. The van der Waals surface area contributed by atoms with E-state index in [9.17, 15) is 8.42 Å². The summed E-state index contributed by atoms with van der Waals surface area (Å²) >= 11 is 0. The SMILES string of the molecule is COc1cc(C)cc(C)c1-c1ccc(C)c2c(N(C3CC3)C3CC3)c(S(C)(=O)=O)nn12. The fourth-order valence-electron chi connectivity index (χ4n) is 4.73. The lowest BCUT2D eigenvalue weighted by atomic mass is 10.00. The molecule has 0 atom stereocenters. The van der Waals surface area contributed by atoms with E-state index in [0.29, 0.717) is 12.1 Å². The van der Waals surface area contributed by atoms with Gasteiger partial charge in [-0.3, -0.25) is 0 Å². The van der Waals surface area contributed by atoms with Crippen LogP contribution in [-0.4, -0.2) is 43.5 Å². The van der Waals surface area contributed by atoms with Crippen LogP contribution in [-0.2, 0) is 9.84 Å². The number of nitrogens with zero attached hydrogens (tertiary/aromatic N) is 3. The Kier molecular flexibility index (Phi) is 4.59. The van der Waals surface area contributed by atoms with E-state index in [1.807, 2.05) is 30.5 Å². The van der Waals surface area contributed by atoms with Gasteiger partial charge in [-0.1, -0.05) is 12.1 Å². The summed E-state index contributed by atoms with van der Waals surface area (Å²) in [6, 6.07) is 9.05. The molecule has 164 valence electrons. The summed E-state index contributed by atoms with van der Waals surface area (Å²) in [4.78, 5) is 2.36. The van der Waals surface area contributed by atoms with E-state index in [1.54, 1.807) is 7.11 Å². The summed E-state index contributed by atoms with van der Waals surface area (Å²) in [5, 5.41) is 4.92. The van der Waals surface area contributed by atoms with E-state index in [-0.39, 0.29) is 5.03 Å². The van der Waals surface area contributed by atoms with E-state index < -0.39 is 9.84 Å². The molecule has 0 unspecified atom stereocenters. The quantitative estimate of drug-likeness (QED) is 0.567. The number of methoxy groups -OCH3 is 1. The molecule has 0 spiro atoms. The first-order valence-electron chi connectivity index (χ1n) is 10.9. The molecule has 3 aromatic rings. The lowest BCUT2D eigenvalue weighted by Crippen LogP contribution is -2.29. The first-order valence-corrected chi connectivity index (χ1v) is 12.8. The third kappa shape index (κ3) is 3.39. The van der Waals surface area contributed by atoms with Gasteiger partial charge in [0.15, 0.2) is 9.84 Å². The molecule has 0 radical (unpaired) electrons. The summed E-state index contributed by atoms with van der Waals surface area (Å²) in [6.45, 7) is 6.13. The minimum absolute atomic E-state index is 0.186. The lowest BCUT2D eigenvalue weighted by Gasteiger charge is -2.25. The molecule has 0 aliphatic heterocycles. The first-order chi connectivity index (χ1) is 14.7. The van der Waals surface area contributed by atoms with Crippen molar-refractivity contribution in [2.45, 2.75) is 63.6 Å². The number of aryl methyl sites for hydroxylation is 3. The Morgan fingerprint density at radius 3 is 2.23 bits per heavy atom. The number of hydrogen-bond acceptors (Lipinski definition) is 5. The molecule has 2 aliphatic rings. The van der Waals surface area contributed by atoms with Crippen LogP contribution in [0.3, 0.4) is 0 Å². The normalized spacial score (nSPS) is 16.7. The zero-order valence-electron chi connectivity index (χ0n) is 18.8. The molecular weight excluding hydrogens is 410 g/mol. The van der Waals surface area contributed by atoms with Crippen LogP contribution in [0.25, 0.3) is 16.8 Å². The van der Waals surface area contributed by atoms with Crippen LogP contribution in [0.1, 0.15) is 42.4 Å². The van der Waals surface area contributed by atoms with Gasteiger partial charge in [-0.2, -0.15) is 5.10 Å². The maximum Gasteiger partial charge on any atom is 0.201 e. The Labute approximate surface area is 183 Å². The van der Waals surface area contributed by atoms with Gasteiger partial charge in [-0.05, 0) is 75.3 Å². The van der Waals surface area contributed by atoms with Crippen LogP contribution in [0.4, 0.5) is 5.69 Å². The van der Waals surface area contributed by atoms with Gasteiger partial charge in [0.05, 0.1) is 18.3 Å². The molecule has 2 aromatic heterocycles. The second-order valence-corrected chi connectivity index (χ2v) is 11.0. The minimum atomic E-state index is -3.50. The van der Waals surface area contributed by atoms with Crippen LogP contribution in [0.5, 0.6) is 5.75 Å². The van der Waals surface area contributed by atoms with Gasteiger partial charge in [-0.25, -0.2) is 12.9 Å². The molecule has 2 saturated carbocycles. The Morgan fingerprint density at radius 2 is 1.68 bits per heavy atom. The summed E-state index contributed by atoms with van der Waals surface area (Å²) < 4.78 is 33.3. The molecule has 0 saturated heterocycles. The fourth-order valence-corrected chi connectivity index (χ4v) is 5.51. The van der Waals surface area contributed by atoms with Gasteiger partial charge in [-0.15, -0.1) is 0 Å². The molecule has 6 nitrogen and oxygen atoms in total. The van der Waals surface area contributed by atoms with E-state index in [2.05, 4.69) is 24.0 Å². The summed E-state index contributed by atoms with van der Waals surface area (Å²) in [5.74, 6) is 0.766. The zero-order valence-corrected chi connectivity index (χ0v) is 19.6. The zero-order chi connectivity index (χ0) is 22.1. The van der Waals surface area contributed by atoms with Gasteiger partial charge in [0.25, 0.3) is 0 Å². The minimum Gasteiger partial charge on any atom is -0.496 e. The Hall–Kier alpha value is -2.54. The van der Waals surface area contributed by atoms with Crippen molar-refractivity contribution in [1.82, 2.24) is 9.61 Å². The number of aromatic nitrogens is 2. The number of fused-ring (bicyclic) bond motifs is 1. The lowest BCUT2D eigenvalue weighted by molar-refractivity contribution is 0.415. The monoisotopic (exact) mass is 439 g/mol. The molecular formula is C24H29N3O3S. The molecule has 0 N–H and O–H groups in total. The highest BCUT2D eigenvalue weighted by Gasteiger charge is 2.43. The van der Waals surface area contributed by atoms with Crippen LogP contribution in [0.2, 0.25) is 0 Å². The van der Waals surface area contributed by atoms with E-state index in [0.717, 1.165) is 70.6 Å². The largest absolute Gasteiger partial charge is 0.496 e. The Morgan fingerprint density at radius 1 is 1.03 bits per heavy atom.